The van der Waals surface area contributed by atoms with Crippen molar-refractivity contribution in [2.24, 2.45) is 7.05 Å². The van der Waals surface area contributed by atoms with Gasteiger partial charge < -0.3 is 0 Å². The SMILES string of the molecule is Cn1cc(-c2cn(S(=O)(=O)c3ccccc3)c3ncc(-c4ccccc4)cc23)cn1. The minimum absolute atomic E-state index is 0.216. The van der Waals surface area contributed by atoms with Crippen LogP contribution in [0.15, 0.2) is 96.4 Å². The molecule has 0 aliphatic carbocycles. The molecule has 0 aliphatic rings. The molecule has 0 spiro atoms. The maximum absolute atomic E-state index is 13.4. The normalized spacial score (nSPS) is 11.8. The lowest BCUT2D eigenvalue weighted by Crippen LogP contribution is -2.12. The van der Waals surface area contributed by atoms with E-state index in [1.54, 1.807) is 53.6 Å². The fourth-order valence-corrected chi connectivity index (χ4v) is 4.89. The summed E-state index contributed by atoms with van der Waals surface area (Å²) < 4.78 is 29.7. The minimum Gasteiger partial charge on any atom is -0.275 e. The topological polar surface area (TPSA) is 69.8 Å². The summed E-state index contributed by atoms with van der Waals surface area (Å²) in [4.78, 5) is 4.78. The molecule has 0 aliphatic heterocycles. The molecular formula is C23H18N4O2S. The number of pyridine rings is 1. The second-order valence-corrected chi connectivity index (χ2v) is 8.84. The second-order valence-electron chi connectivity index (χ2n) is 7.02. The van der Waals surface area contributed by atoms with Crippen LogP contribution in [-0.2, 0) is 17.1 Å². The molecule has 0 unspecified atom stereocenters. The number of fused-ring (bicyclic) bond motifs is 1. The van der Waals surface area contributed by atoms with E-state index in [0.717, 1.165) is 27.6 Å². The fourth-order valence-electron chi connectivity index (χ4n) is 3.55. The molecule has 5 aromatic rings. The molecule has 7 heteroatoms. The third-order valence-corrected chi connectivity index (χ3v) is 6.70. The van der Waals surface area contributed by atoms with Gasteiger partial charge in [0, 0.05) is 47.7 Å². The Labute approximate surface area is 174 Å². The van der Waals surface area contributed by atoms with Crippen LogP contribution in [0.3, 0.4) is 0 Å². The summed E-state index contributed by atoms with van der Waals surface area (Å²) in [6.07, 6.45) is 6.93. The van der Waals surface area contributed by atoms with E-state index in [-0.39, 0.29) is 4.90 Å². The number of aromatic nitrogens is 4. The van der Waals surface area contributed by atoms with Crippen LogP contribution in [0.1, 0.15) is 0 Å². The lowest BCUT2D eigenvalue weighted by molar-refractivity contribution is 0.589. The van der Waals surface area contributed by atoms with E-state index in [2.05, 4.69) is 10.1 Å². The Bertz CT molecular complexity index is 1450. The van der Waals surface area contributed by atoms with E-state index in [9.17, 15) is 8.42 Å². The quantitative estimate of drug-likeness (QED) is 0.439. The largest absolute Gasteiger partial charge is 0.275 e. The van der Waals surface area contributed by atoms with Crippen LogP contribution in [0.4, 0.5) is 0 Å². The highest BCUT2D eigenvalue weighted by Crippen LogP contribution is 2.34. The Morgan fingerprint density at radius 1 is 0.800 bits per heavy atom. The number of nitrogens with zero attached hydrogens (tertiary/aromatic N) is 4. The molecular weight excluding hydrogens is 396 g/mol. The first-order chi connectivity index (χ1) is 14.5. The first-order valence-electron chi connectivity index (χ1n) is 9.40. The Balaban J connectivity index is 1.79. The van der Waals surface area contributed by atoms with Crippen molar-refractivity contribution in [2.45, 2.75) is 4.90 Å². The van der Waals surface area contributed by atoms with Crippen molar-refractivity contribution in [3.05, 3.63) is 91.5 Å². The van der Waals surface area contributed by atoms with E-state index in [4.69, 9.17) is 0 Å². The molecule has 5 rings (SSSR count). The van der Waals surface area contributed by atoms with Crippen LogP contribution < -0.4 is 0 Å². The van der Waals surface area contributed by atoms with E-state index in [1.807, 2.05) is 49.6 Å². The van der Waals surface area contributed by atoms with Crippen molar-refractivity contribution in [2.75, 3.05) is 0 Å². The summed E-state index contributed by atoms with van der Waals surface area (Å²) in [6.45, 7) is 0. The molecule has 3 heterocycles. The summed E-state index contributed by atoms with van der Waals surface area (Å²) >= 11 is 0. The van der Waals surface area contributed by atoms with Gasteiger partial charge in [-0.25, -0.2) is 17.4 Å². The molecule has 148 valence electrons. The highest BCUT2D eigenvalue weighted by Gasteiger charge is 2.23. The van der Waals surface area contributed by atoms with Gasteiger partial charge in [0.1, 0.15) is 0 Å². The molecule has 0 saturated heterocycles. The smallest absolute Gasteiger partial charge is 0.269 e. The van der Waals surface area contributed by atoms with Crippen LogP contribution in [0.5, 0.6) is 0 Å². The number of hydrogen-bond donors (Lipinski definition) is 0. The maximum atomic E-state index is 13.4. The van der Waals surface area contributed by atoms with Gasteiger partial charge in [0.25, 0.3) is 10.0 Å². The van der Waals surface area contributed by atoms with Gasteiger partial charge >= 0.3 is 0 Å². The molecule has 0 radical (unpaired) electrons. The predicted octanol–water partition coefficient (Wildman–Crippen LogP) is 4.34. The van der Waals surface area contributed by atoms with Crippen LogP contribution >= 0.6 is 0 Å². The minimum atomic E-state index is -3.80. The van der Waals surface area contributed by atoms with E-state index in [0.29, 0.717) is 5.65 Å². The lowest BCUT2D eigenvalue weighted by Gasteiger charge is -2.07. The van der Waals surface area contributed by atoms with Crippen LogP contribution in [0.2, 0.25) is 0 Å². The highest BCUT2D eigenvalue weighted by atomic mass is 32.2. The summed E-state index contributed by atoms with van der Waals surface area (Å²) in [6, 6.07) is 20.3. The number of rotatable bonds is 4. The zero-order valence-corrected chi connectivity index (χ0v) is 17.0. The van der Waals surface area contributed by atoms with Gasteiger partial charge in [-0.1, -0.05) is 48.5 Å². The molecule has 3 aromatic heterocycles. The highest BCUT2D eigenvalue weighted by molar-refractivity contribution is 7.90. The maximum Gasteiger partial charge on any atom is 0.269 e. The molecule has 6 nitrogen and oxygen atoms in total. The number of aryl methyl sites for hydroxylation is 1. The Hall–Kier alpha value is -3.71. The molecule has 0 fully saturated rings. The van der Waals surface area contributed by atoms with Gasteiger partial charge in [0.2, 0.25) is 0 Å². The number of hydrogen-bond acceptors (Lipinski definition) is 4. The van der Waals surface area contributed by atoms with Crippen molar-refractivity contribution in [3.63, 3.8) is 0 Å². The monoisotopic (exact) mass is 414 g/mol. The van der Waals surface area contributed by atoms with Gasteiger partial charge in [-0.3, -0.25) is 4.68 Å². The van der Waals surface area contributed by atoms with Gasteiger partial charge in [-0.05, 0) is 23.8 Å². The van der Waals surface area contributed by atoms with Crippen LogP contribution in [-0.4, -0.2) is 27.2 Å². The lowest BCUT2D eigenvalue weighted by atomic mass is 10.0. The molecule has 0 amide bonds. The summed E-state index contributed by atoms with van der Waals surface area (Å²) in [5.74, 6) is 0. The Morgan fingerprint density at radius 2 is 1.50 bits per heavy atom. The Kier molecular flexibility index (Phi) is 4.25. The molecule has 0 atom stereocenters. The van der Waals surface area contributed by atoms with Gasteiger partial charge in [0.05, 0.1) is 11.1 Å². The average Bonchev–Trinajstić information content (AvgIpc) is 3.38. The summed E-state index contributed by atoms with van der Waals surface area (Å²) in [5.41, 5.74) is 3.92. The zero-order valence-electron chi connectivity index (χ0n) is 16.2. The first-order valence-corrected chi connectivity index (χ1v) is 10.8. The van der Waals surface area contributed by atoms with Gasteiger partial charge in [-0.15, -0.1) is 0 Å². The van der Waals surface area contributed by atoms with Crippen molar-refractivity contribution >= 4 is 21.1 Å². The van der Waals surface area contributed by atoms with Crippen molar-refractivity contribution < 1.29 is 8.42 Å². The standard InChI is InChI=1S/C23H18N4O2S/c1-26-15-19(14-25-26)22-16-27(30(28,29)20-10-6-3-7-11-20)23-21(22)12-18(13-24-23)17-8-4-2-5-9-17/h2-16H,1H3. The van der Waals surface area contributed by atoms with Gasteiger partial charge in [-0.2, -0.15) is 5.10 Å². The van der Waals surface area contributed by atoms with Crippen molar-refractivity contribution in [1.29, 1.82) is 0 Å². The second kappa shape index (κ2) is 6.96. The zero-order chi connectivity index (χ0) is 20.7. The van der Waals surface area contributed by atoms with Crippen LogP contribution in [0.25, 0.3) is 33.3 Å². The average molecular weight is 414 g/mol. The van der Waals surface area contributed by atoms with E-state index >= 15 is 0 Å². The van der Waals surface area contributed by atoms with E-state index < -0.39 is 10.0 Å². The summed E-state index contributed by atoms with van der Waals surface area (Å²) in [5, 5.41) is 5.00. The first kappa shape index (κ1) is 18.3. The molecule has 30 heavy (non-hydrogen) atoms. The van der Waals surface area contributed by atoms with E-state index in [1.165, 1.54) is 3.97 Å². The van der Waals surface area contributed by atoms with Crippen molar-refractivity contribution in [1.82, 2.24) is 18.7 Å². The Morgan fingerprint density at radius 3 is 2.17 bits per heavy atom. The molecule has 2 aromatic carbocycles. The van der Waals surface area contributed by atoms with Crippen molar-refractivity contribution in [3.8, 4) is 22.3 Å². The molecule has 0 saturated carbocycles. The third kappa shape index (κ3) is 3.00. The summed E-state index contributed by atoms with van der Waals surface area (Å²) in [7, 11) is -1.97. The van der Waals surface area contributed by atoms with Crippen LogP contribution in [0, 0.1) is 0 Å². The molecule has 0 N–H and O–H groups in total. The van der Waals surface area contributed by atoms with Gasteiger partial charge in [0.15, 0.2) is 5.65 Å². The molecule has 0 bridgehead atoms. The fraction of sp³-hybridized carbons (Fsp3) is 0.0435. The third-order valence-electron chi connectivity index (χ3n) is 5.03. The number of benzene rings is 2. The predicted molar refractivity (Wildman–Crippen MR) is 116 cm³/mol.